The number of hydrogen-bond donors (Lipinski definition) is 1. The lowest BCUT2D eigenvalue weighted by Gasteiger charge is -2.05. The molecule has 0 amide bonds. The van der Waals surface area contributed by atoms with E-state index in [9.17, 15) is 4.79 Å². The minimum absolute atomic E-state index is 0.0127. The van der Waals surface area contributed by atoms with Gasteiger partial charge in [0, 0.05) is 7.05 Å². The fourth-order valence-corrected chi connectivity index (χ4v) is 2.63. The van der Waals surface area contributed by atoms with Gasteiger partial charge in [0.2, 0.25) is 5.43 Å². The average molecular weight is 319 g/mol. The zero-order chi connectivity index (χ0) is 16.8. The Morgan fingerprint density at radius 1 is 0.826 bits per heavy atom. The molecule has 0 aliphatic heterocycles. The molecule has 0 heterocycles. The van der Waals surface area contributed by atoms with Crippen molar-refractivity contribution in [2.75, 3.05) is 19.0 Å². The summed E-state index contributed by atoms with van der Waals surface area (Å²) in [5.41, 5.74) is 0.583. The van der Waals surface area contributed by atoms with Crippen LogP contribution in [-0.4, -0.2) is 13.7 Å². The van der Waals surface area contributed by atoms with E-state index in [4.69, 9.17) is 4.74 Å². The summed E-state index contributed by atoms with van der Waals surface area (Å²) in [6.07, 6.45) is 13.2. The van der Waals surface area contributed by atoms with Crippen LogP contribution >= 0.6 is 0 Å². The minimum Gasteiger partial charge on any atom is -0.494 e. The third-order valence-electron chi connectivity index (χ3n) is 4.11. The summed E-state index contributed by atoms with van der Waals surface area (Å²) in [5, 5.41) is 2.89. The summed E-state index contributed by atoms with van der Waals surface area (Å²) < 4.78 is 5.73. The average Bonchev–Trinajstić information content (AvgIpc) is 2.74. The molecule has 3 nitrogen and oxygen atoms in total. The van der Waals surface area contributed by atoms with Crippen LogP contribution < -0.4 is 15.5 Å². The van der Waals surface area contributed by atoms with Crippen LogP contribution in [0.25, 0.3) is 0 Å². The Hall–Kier alpha value is -1.51. The van der Waals surface area contributed by atoms with Crippen molar-refractivity contribution >= 4 is 5.69 Å². The molecule has 0 aliphatic carbocycles. The molecule has 1 aromatic rings. The summed E-state index contributed by atoms with van der Waals surface area (Å²) >= 11 is 0. The zero-order valence-electron chi connectivity index (χ0n) is 14.9. The van der Waals surface area contributed by atoms with Gasteiger partial charge in [0.1, 0.15) is 5.75 Å². The molecule has 0 fully saturated rings. The molecule has 3 heteroatoms. The Balaban J connectivity index is 2.05. The van der Waals surface area contributed by atoms with Crippen LogP contribution in [0.3, 0.4) is 0 Å². The molecule has 0 saturated heterocycles. The molecule has 1 aromatic carbocycles. The second-order valence-corrected chi connectivity index (χ2v) is 6.13. The second-order valence-electron chi connectivity index (χ2n) is 6.13. The summed E-state index contributed by atoms with van der Waals surface area (Å²) in [7, 11) is 1.75. The molecule has 0 unspecified atom stereocenters. The smallest absolute Gasteiger partial charge is 0.201 e. The molecular weight excluding hydrogens is 286 g/mol. The number of rotatable bonds is 13. The van der Waals surface area contributed by atoms with E-state index in [-0.39, 0.29) is 5.43 Å². The monoisotopic (exact) mass is 319 g/mol. The van der Waals surface area contributed by atoms with Crippen molar-refractivity contribution in [1.29, 1.82) is 0 Å². The van der Waals surface area contributed by atoms with Gasteiger partial charge >= 0.3 is 0 Å². The second kappa shape index (κ2) is 13.0. The number of hydrogen-bond acceptors (Lipinski definition) is 3. The molecule has 1 rings (SSSR count). The molecular formula is C20H33NO2. The molecule has 130 valence electrons. The number of ether oxygens (including phenoxy) is 1. The van der Waals surface area contributed by atoms with Crippen molar-refractivity contribution in [3.8, 4) is 5.75 Å². The van der Waals surface area contributed by atoms with Gasteiger partial charge in [0.05, 0.1) is 12.3 Å². The number of unbranched alkanes of at least 4 members (excludes halogenated alkanes) is 9. The lowest BCUT2D eigenvalue weighted by molar-refractivity contribution is 0.304. The standard InChI is InChI=1S/C20H33NO2/c1-3-4-5-6-7-8-9-10-11-12-17-23-18-13-15-19(21-2)20(22)16-14-18/h13-16H,3-12,17H2,1-2H3,(H,21,22). The predicted molar refractivity (Wildman–Crippen MR) is 99.6 cm³/mol. The van der Waals surface area contributed by atoms with Crippen molar-refractivity contribution in [1.82, 2.24) is 0 Å². The van der Waals surface area contributed by atoms with E-state index < -0.39 is 0 Å². The maximum absolute atomic E-state index is 11.6. The van der Waals surface area contributed by atoms with Gasteiger partial charge in [-0.3, -0.25) is 4.79 Å². The summed E-state index contributed by atoms with van der Waals surface area (Å²) in [5.74, 6) is 0.763. The van der Waals surface area contributed by atoms with Gasteiger partial charge in [0.15, 0.2) is 0 Å². The van der Waals surface area contributed by atoms with E-state index in [1.165, 1.54) is 57.8 Å². The first-order valence-corrected chi connectivity index (χ1v) is 9.23. The Kier molecular flexibility index (Phi) is 11.0. The predicted octanol–water partition coefficient (Wildman–Crippen LogP) is 5.39. The van der Waals surface area contributed by atoms with Crippen LogP contribution in [0, 0.1) is 0 Å². The van der Waals surface area contributed by atoms with Crippen molar-refractivity contribution in [2.45, 2.75) is 71.1 Å². The fourth-order valence-electron chi connectivity index (χ4n) is 2.63. The zero-order valence-corrected chi connectivity index (χ0v) is 14.9. The van der Waals surface area contributed by atoms with Crippen LogP contribution in [0.5, 0.6) is 5.75 Å². The molecule has 1 N–H and O–H groups in total. The molecule has 0 radical (unpaired) electrons. The Morgan fingerprint density at radius 3 is 2.00 bits per heavy atom. The maximum atomic E-state index is 11.6. The highest BCUT2D eigenvalue weighted by molar-refractivity contribution is 5.43. The summed E-state index contributed by atoms with van der Waals surface area (Å²) in [6.45, 7) is 2.99. The lowest BCUT2D eigenvalue weighted by atomic mass is 10.1. The van der Waals surface area contributed by atoms with Crippen molar-refractivity contribution in [3.63, 3.8) is 0 Å². The van der Waals surface area contributed by atoms with E-state index in [0.29, 0.717) is 5.69 Å². The van der Waals surface area contributed by atoms with Gasteiger partial charge in [-0.15, -0.1) is 0 Å². The lowest BCUT2D eigenvalue weighted by Crippen LogP contribution is -2.02. The van der Waals surface area contributed by atoms with E-state index in [2.05, 4.69) is 12.2 Å². The number of nitrogens with one attached hydrogen (secondary N) is 1. The summed E-state index contributed by atoms with van der Waals surface area (Å²) in [6, 6.07) is 6.93. The molecule has 0 bridgehead atoms. The van der Waals surface area contributed by atoms with Gasteiger partial charge < -0.3 is 10.1 Å². The van der Waals surface area contributed by atoms with Crippen molar-refractivity contribution in [2.24, 2.45) is 0 Å². The van der Waals surface area contributed by atoms with Gasteiger partial charge in [-0.2, -0.15) is 0 Å². The van der Waals surface area contributed by atoms with Gasteiger partial charge in [-0.05, 0) is 30.7 Å². The largest absolute Gasteiger partial charge is 0.494 e. The quantitative estimate of drug-likeness (QED) is 0.495. The molecule has 0 aliphatic rings. The van der Waals surface area contributed by atoms with Gasteiger partial charge in [-0.1, -0.05) is 64.7 Å². The van der Waals surface area contributed by atoms with Crippen LogP contribution in [0.15, 0.2) is 29.1 Å². The van der Waals surface area contributed by atoms with Gasteiger partial charge in [-0.25, -0.2) is 0 Å². The Labute approximate surface area is 141 Å². The van der Waals surface area contributed by atoms with Crippen LogP contribution in [0.1, 0.15) is 71.1 Å². The van der Waals surface area contributed by atoms with Crippen molar-refractivity contribution in [3.05, 3.63) is 34.5 Å². The van der Waals surface area contributed by atoms with E-state index >= 15 is 0 Å². The molecule has 0 spiro atoms. The topological polar surface area (TPSA) is 38.3 Å². The first-order chi connectivity index (χ1) is 11.3. The van der Waals surface area contributed by atoms with Crippen LogP contribution in [-0.2, 0) is 0 Å². The first kappa shape index (κ1) is 19.5. The fraction of sp³-hybridized carbons (Fsp3) is 0.650. The van der Waals surface area contributed by atoms with Crippen LogP contribution in [0.4, 0.5) is 5.69 Å². The third kappa shape index (κ3) is 9.27. The first-order valence-electron chi connectivity index (χ1n) is 9.23. The molecule has 0 saturated carbocycles. The van der Waals surface area contributed by atoms with E-state index in [0.717, 1.165) is 18.8 Å². The molecule has 0 aromatic heterocycles. The van der Waals surface area contributed by atoms with Crippen LogP contribution in [0.2, 0.25) is 0 Å². The SMILES string of the molecule is CCCCCCCCCCCCOc1ccc(NC)c(=O)cc1. The molecule has 23 heavy (non-hydrogen) atoms. The molecule has 0 atom stereocenters. The Bertz CT molecular complexity index is 473. The highest BCUT2D eigenvalue weighted by atomic mass is 16.5. The third-order valence-corrected chi connectivity index (χ3v) is 4.11. The highest BCUT2D eigenvalue weighted by Crippen LogP contribution is 2.12. The minimum atomic E-state index is -0.0127. The van der Waals surface area contributed by atoms with Crippen molar-refractivity contribution < 1.29 is 4.74 Å². The number of anilines is 1. The normalized spacial score (nSPS) is 10.5. The highest BCUT2D eigenvalue weighted by Gasteiger charge is 1.97. The summed E-state index contributed by atoms with van der Waals surface area (Å²) in [4.78, 5) is 11.6. The maximum Gasteiger partial charge on any atom is 0.201 e. The van der Waals surface area contributed by atoms with E-state index in [1.54, 1.807) is 25.2 Å². The van der Waals surface area contributed by atoms with E-state index in [1.807, 2.05) is 6.07 Å². The Morgan fingerprint density at radius 2 is 1.39 bits per heavy atom. The van der Waals surface area contributed by atoms with Gasteiger partial charge in [0.25, 0.3) is 0 Å².